The van der Waals surface area contributed by atoms with Crippen molar-refractivity contribution >= 4 is 5.96 Å². The van der Waals surface area contributed by atoms with Gasteiger partial charge in [-0.2, -0.15) is 0 Å². The van der Waals surface area contributed by atoms with Crippen molar-refractivity contribution in [1.29, 1.82) is 0 Å². The van der Waals surface area contributed by atoms with Gasteiger partial charge >= 0.3 is 0 Å². The Balaban J connectivity index is 2.17. The normalized spacial score (nSPS) is 23.4. The molecule has 0 aromatic carbocycles. The second-order valence-corrected chi connectivity index (χ2v) is 4.87. The molecule has 94 valence electrons. The number of nitrogens with two attached hydrogens (primary N) is 1. The molecule has 1 atom stereocenters. The minimum Gasteiger partial charge on any atom is -0.370 e. The molecule has 1 aliphatic rings. The molecule has 0 aromatic heterocycles. The van der Waals surface area contributed by atoms with E-state index in [1.165, 1.54) is 25.8 Å². The Morgan fingerprint density at radius 3 is 2.81 bits per heavy atom. The maximum absolute atomic E-state index is 5.73. The van der Waals surface area contributed by atoms with Crippen LogP contribution in [0.3, 0.4) is 0 Å². The van der Waals surface area contributed by atoms with E-state index < -0.39 is 0 Å². The Morgan fingerprint density at radius 2 is 2.19 bits per heavy atom. The highest BCUT2D eigenvalue weighted by atomic mass is 15.2. The molecule has 16 heavy (non-hydrogen) atoms. The van der Waals surface area contributed by atoms with Gasteiger partial charge in [0.2, 0.25) is 0 Å². The first kappa shape index (κ1) is 13.3. The average Bonchev–Trinajstić information content (AvgIpc) is 2.26. The van der Waals surface area contributed by atoms with Crippen molar-refractivity contribution in [3.05, 3.63) is 0 Å². The molecule has 0 spiro atoms. The number of likely N-dealkylation sites (tertiary alicyclic amines) is 1. The topological polar surface area (TPSA) is 44.9 Å². The van der Waals surface area contributed by atoms with Gasteiger partial charge in [0.25, 0.3) is 0 Å². The number of guanidine groups is 1. The van der Waals surface area contributed by atoms with Crippen LogP contribution < -0.4 is 5.73 Å². The first-order chi connectivity index (χ1) is 7.61. The third-order valence-electron chi connectivity index (χ3n) is 3.28. The Bertz CT molecular complexity index is 225. The summed E-state index contributed by atoms with van der Waals surface area (Å²) in [5, 5.41) is 0. The number of hydrogen-bond acceptors (Lipinski definition) is 2. The van der Waals surface area contributed by atoms with Crippen LogP contribution in [0, 0.1) is 0 Å². The van der Waals surface area contributed by atoms with E-state index in [9.17, 15) is 0 Å². The molecule has 1 rings (SSSR count). The number of aliphatic imine (C=N–C) groups is 1. The smallest absolute Gasteiger partial charge is 0.190 e. The van der Waals surface area contributed by atoms with Gasteiger partial charge in [0.15, 0.2) is 5.96 Å². The van der Waals surface area contributed by atoms with Crippen LogP contribution in [0.1, 0.15) is 32.6 Å². The summed E-state index contributed by atoms with van der Waals surface area (Å²) in [4.78, 5) is 8.75. The second-order valence-electron chi connectivity index (χ2n) is 4.87. The summed E-state index contributed by atoms with van der Waals surface area (Å²) in [5.74, 6) is 0.631. The largest absolute Gasteiger partial charge is 0.370 e. The highest BCUT2D eigenvalue weighted by Gasteiger charge is 2.16. The lowest BCUT2D eigenvalue weighted by Gasteiger charge is -2.33. The summed E-state index contributed by atoms with van der Waals surface area (Å²) in [6, 6.07) is 0.754. The lowest BCUT2D eigenvalue weighted by atomic mass is 10.0. The van der Waals surface area contributed by atoms with Gasteiger partial charge < -0.3 is 15.5 Å². The highest BCUT2D eigenvalue weighted by Crippen LogP contribution is 2.16. The number of nitrogens with zero attached hydrogens (tertiary/aromatic N) is 3. The minimum atomic E-state index is 0.631. The van der Waals surface area contributed by atoms with Crippen molar-refractivity contribution in [2.75, 3.05) is 33.7 Å². The summed E-state index contributed by atoms with van der Waals surface area (Å²) < 4.78 is 0. The Hall–Kier alpha value is -0.770. The van der Waals surface area contributed by atoms with E-state index in [2.05, 4.69) is 16.8 Å². The molecule has 1 saturated heterocycles. The molecule has 0 aromatic rings. The van der Waals surface area contributed by atoms with Crippen LogP contribution in [-0.4, -0.2) is 55.5 Å². The molecule has 0 aliphatic carbocycles. The molecule has 1 heterocycles. The number of rotatable bonds is 4. The standard InChI is InChI=1S/C12H26N4/c1-11-7-4-5-9-16(11)10-6-8-14-12(13)15(2)3/h11H,4-10H2,1-3H3,(H2,13,14)/t11-/m1/s1. The van der Waals surface area contributed by atoms with Crippen molar-refractivity contribution in [1.82, 2.24) is 9.80 Å². The van der Waals surface area contributed by atoms with Crippen LogP contribution in [0.5, 0.6) is 0 Å². The van der Waals surface area contributed by atoms with Crippen molar-refractivity contribution in [3.63, 3.8) is 0 Å². The monoisotopic (exact) mass is 226 g/mol. The first-order valence-electron chi connectivity index (χ1n) is 6.32. The zero-order valence-electron chi connectivity index (χ0n) is 10.9. The van der Waals surface area contributed by atoms with Crippen molar-refractivity contribution in [2.24, 2.45) is 10.7 Å². The van der Waals surface area contributed by atoms with Gasteiger partial charge in [0.1, 0.15) is 0 Å². The van der Waals surface area contributed by atoms with Crippen LogP contribution in [-0.2, 0) is 0 Å². The van der Waals surface area contributed by atoms with Crippen molar-refractivity contribution in [3.8, 4) is 0 Å². The third-order valence-corrected chi connectivity index (χ3v) is 3.28. The zero-order valence-corrected chi connectivity index (χ0v) is 10.9. The predicted octanol–water partition coefficient (Wildman–Crippen LogP) is 1.13. The summed E-state index contributed by atoms with van der Waals surface area (Å²) >= 11 is 0. The molecule has 0 unspecified atom stereocenters. The third kappa shape index (κ3) is 4.39. The van der Waals surface area contributed by atoms with E-state index in [4.69, 9.17) is 5.73 Å². The summed E-state index contributed by atoms with van der Waals surface area (Å²) in [6.45, 7) is 5.59. The van der Waals surface area contributed by atoms with Crippen LogP contribution in [0.2, 0.25) is 0 Å². The fourth-order valence-electron chi connectivity index (χ4n) is 2.10. The molecule has 1 fully saturated rings. The number of hydrogen-bond donors (Lipinski definition) is 1. The molecule has 1 aliphatic heterocycles. The molecular formula is C12H26N4. The predicted molar refractivity (Wildman–Crippen MR) is 69.7 cm³/mol. The zero-order chi connectivity index (χ0) is 12.0. The molecule has 0 radical (unpaired) electrons. The first-order valence-corrected chi connectivity index (χ1v) is 6.32. The molecule has 0 amide bonds. The summed E-state index contributed by atoms with van der Waals surface area (Å²) in [7, 11) is 3.84. The maximum Gasteiger partial charge on any atom is 0.190 e. The Labute approximate surface area is 99.5 Å². The molecular weight excluding hydrogens is 200 g/mol. The van der Waals surface area contributed by atoms with Gasteiger partial charge in [-0.15, -0.1) is 0 Å². The van der Waals surface area contributed by atoms with Gasteiger partial charge in [-0.3, -0.25) is 4.99 Å². The van der Waals surface area contributed by atoms with Crippen LogP contribution in [0.25, 0.3) is 0 Å². The van der Waals surface area contributed by atoms with E-state index in [0.717, 1.165) is 25.6 Å². The van der Waals surface area contributed by atoms with E-state index in [1.807, 2.05) is 19.0 Å². The second kappa shape index (κ2) is 6.74. The Kier molecular flexibility index (Phi) is 5.60. The summed E-state index contributed by atoms with van der Waals surface area (Å²) in [6.07, 6.45) is 5.21. The average molecular weight is 226 g/mol. The van der Waals surface area contributed by atoms with Gasteiger partial charge in [-0.1, -0.05) is 6.42 Å². The van der Waals surface area contributed by atoms with Crippen molar-refractivity contribution in [2.45, 2.75) is 38.6 Å². The van der Waals surface area contributed by atoms with E-state index >= 15 is 0 Å². The van der Waals surface area contributed by atoms with Crippen LogP contribution >= 0.6 is 0 Å². The van der Waals surface area contributed by atoms with E-state index in [-0.39, 0.29) is 0 Å². The maximum atomic E-state index is 5.73. The fraction of sp³-hybridized carbons (Fsp3) is 0.917. The van der Waals surface area contributed by atoms with Gasteiger partial charge in [0, 0.05) is 33.2 Å². The molecule has 2 N–H and O–H groups in total. The fourth-order valence-corrected chi connectivity index (χ4v) is 2.10. The van der Waals surface area contributed by atoms with E-state index in [0.29, 0.717) is 5.96 Å². The van der Waals surface area contributed by atoms with Crippen LogP contribution in [0.4, 0.5) is 0 Å². The van der Waals surface area contributed by atoms with Gasteiger partial charge in [0.05, 0.1) is 0 Å². The minimum absolute atomic E-state index is 0.631. The molecule has 4 nitrogen and oxygen atoms in total. The lowest BCUT2D eigenvalue weighted by Crippen LogP contribution is -2.38. The van der Waals surface area contributed by atoms with Crippen molar-refractivity contribution < 1.29 is 0 Å². The highest BCUT2D eigenvalue weighted by molar-refractivity contribution is 5.77. The SMILES string of the molecule is C[C@@H]1CCCCN1CCCN=C(N)N(C)C. The molecule has 4 heteroatoms. The quantitative estimate of drug-likeness (QED) is 0.444. The lowest BCUT2D eigenvalue weighted by molar-refractivity contribution is 0.160. The number of piperidine rings is 1. The van der Waals surface area contributed by atoms with E-state index in [1.54, 1.807) is 0 Å². The van der Waals surface area contributed by atoms with Crippen LogP contribution in [0.15, 0.2) is 4.99 Å². The molecule has 0 bridgehead atoms. The van der Waals surface area contributed by atoms with Gasteiger partial charge in [-0.05, 0) is 32.7 Å². The molecule has 0 saturated carbocycles. The summed E-state index contributed by atoms with van der Waals surface area (Å²) in [5.41, 5.74) is 5.73. The van der Waals surface area contributed by atoms with Gasteiger partial charge in [-0.25, -0.2) is 0 Å². The Morgan fingerprint density at radius 1 is 1.44 bits per heavy atom.